The smallest absolute Gasteiger partial charge is 0.0562 e. The SMILES string of the molecule is CC(C)CCN(c1ccnc(CNC(C)(C)C)c1)C1CC1. The summed E-state index contributed by atoms with van der Waals surface area (Å²) in [5, 5.41) is 3.52. The van der Waals surface area contributed by atoms with Crippen LogP contribution >= 0.6 is 0 Å². The number of hydrogen-bond acceptors (Lipinski definition) is 3. The van der Waals surface area contributed by atoms with Crippen LogP contribution in [0.1, 0.15) is 59.6 Å². The Morgan fingerprint density at radius 3 is 2.62 bits per heavy atom. The van der Waals surface area contributed by atoms with Gasteiger partial charge in [-0.15, -0.1) is 0 Å². The molecule has 2 rings (SSSR count). The van der Waals surface area contributed by atoms with Crippen LogP contribution in [0.25, 0.3) is 0 Å². The van der Waals surface area contributed by atoms with Crippen molar-refractivity contribution in [3.8, 4) is 0 Å². The Morgan fingerprint density at radius 2 is 2.05 bits per heavy atom. The van der Waals surface area contributed by atoms with Gasteiger partial charge in [-0.1, -0.05) is 13.8 Å². The molecule has 0 radical (unpaired) electrons. The summed E-state index contributed by atoms with van der Waals surface area (Å²) in [6.45, 7) is 13.2. The minimum Gasteiger partial charge on any atom is -0.368 e. The van der Waals surface area contributed by atoms with Crippen molar-refractivity contribution in [2.24, 2.45) is 5.92 Å². The topological polar surface area (TPSA) is 28.2 Å². The van der Waals surface area contributed by atoms with Gasteiger partial charge in [0.2, 0.25) is 0 Å². The molecule has 1 aromatic rings. The Kier molecular flexibility index (Phi) is 5.26. The number of anilines is 1. The van der Waals surface area contributed by atoms with Crippen molar-refractivity contribution in [1.82, 2.24) is 10.3 Å². The van der Waals surface area contributed by atoms with Gasteiger partial charge < -0.3 is 10.2 Å². The molecule has 1 heterocycles. The standard InChI is InChI=1S/C18H31N3/c1-14(2)9-11-21(16-6-7-16)17-8-10-19-15(12-17)13-20-18(3,4)5/h8,10,12,14,16,20H,6-7,9,11,13H2,1-5H3. The van der Waals surface area contributed by atoms with Gasteiger partial charge in [-0.25, -0.2) is 0 Å². The predicted octanol–water partition coefficient (Wildman–Crippen LogP) is 3.98. The van der Waals surface area contributed by atoms with Crippen LogP contribution in [0.2, 0.25) is 0 Å². The number of pyridine rings is 1. The third-order valence-electron chi connectivity index (χ3n) is 3.87. The summed E-state index contributed by atoms with van der Waals surface area (Å²) in [5.41, 5.74) is 2.61. The molecule has 0 aromatic carbocycles. The Morgan fingerprint density at radius 1 is 1.33 bits per heavy atom. The first-order valence-electron chi connectivity index (χ1n) is 8.32. The fourth-order valence-electron chi connectivity index (χ4n) is 2.40. The average molecular weight is 289 g/mol. The second-order valence-corrected chi connectivity index (χ2v) is 7.72. The Balaban J connectivity index is 2.03. The first kappa shape index (κ1) is 16.3. The first-order valence-corrected chi connectivity index (χ1v) is 8.32. The van der Waals surface area contributed by atoms with Gasteiger partial charge in [0.1, 0.15) is 0 Å². The van der Waals surface area contributed by atoms with Gasteiger partial charge in [-0.05, 0) is 58.1 Å². The second-order valence-electron chi connectivity index (χ2n) is 7.72. The zero-order chi connectivity index (χ0) is 15.5. The molecule has 0 amide bonds. The number of nitrogens with one attached hydrogen (secondary N) is 1. The summed E-state index contributed by atoms with van der Waals surface area (Å²) in [5.74, 6) is 0.759. The lowest BCUT2D eigenvalue weighted by Gasteiger charge is -2.26. The molecule has 118 valence electrons. The monoisotopic (exact) mass is 289 g/mol. The van der Waals surface area contributed by atoms with Crippen LogP contribution in [-0.4, -0.2) is 23.1 Å². The molecule has 1 aliphatic carbocycles. The summed E-state index contributed by atoms with van der Waals surface area (Å²) in [6.07, 6.45) is 5.90. The lowest BCUT2D eigenvalue weighted by molar-refractivity contribution is 0.421. The highest BCUT2D eigenvalue weighted by atomic mass is 15.2. The van der Waals surface area contributed by atoms with E-state index < -0.39 is 0 Å². The van der Waals surface area contributed by atoms with E-state index in [1.54, 1.807) is 0 Å². The van der Waals surface area contributed by atoms with Crippen LogP contribution in [0.3, 0.4) is 0 Å². The third kappa shape index (κ3) is 5.66. The molecule has 0 spiro atoms. The number of nitrogens with zero attached hydrogens (tertiary/aromatic N) is 2. The summed E-state index contributed by atoms with van der Waals surface area (Å²) in [6, 6.07) is 5.19. The minimum atomic E-state index is 0.130. The normalized spacial score (nSPS) is 15.5. The van der Waals surface area contributed by atoms with Gasteiger partial charge in [-0.2, -0.15) is 0 Å². The van der Waals surface area contributed by atoms with E-state index in [4.69, 9.17) is 0 Å². The molecule has 0 aliphatic heterocycles. The Labute approximate surface area is 130 Å². The van der Waals surface area contributed by atoms with Gasteiger partial charge in [0, 0.05) is 36.6 Å². The van der Waals surface area contributed by atoms with E-state index in [9.17, 15) is 0 Å². The minimum absolute atomic E-state index is 0.130. The molecule has 1 aliphatic rings. The van der Waals surface area contributed by atoms with Crippen molar-refractivity contribution in [1.29, 1.82) is 0 Å². The van der Waals surface area contributed by atoms with Gasteiger partial charge in [0.15, 0.2) is 0 Å². The largest absolute Gasteiger partial charge is 0.368 e. The van der Waals surface area contributed by atoms with Crippen molar-refractivity contribution in [2.45, 2.75) is 72.0 Å². The van der Waals surface area contributed by atoms with Gasteiger partial charge in [0.25, 0.3) is 0 Å². The van der Waals surface area contributed by atoms with Gasteiger partial charge in [-0.3, -0.25) is 4.98 Å². The van der Waals surface area contributed by atoms with Crippen molar-refractivity contribution >= 4 is 5.69 Å². The summed E-state index contributed by atoms with van der Waals surface area (Å²) in [7, 11) is 0. The highest BCUT2D eigenvalue weighted by Gasteiger charge is 2.29. The van der Waals surface area contributed by atoms with Gasteiger partial charge in [0.05, 0.1) is 5.69 Å². The Bertz CT molecular complexity index is 444. The molecule has 0 bridgehead atoms. The lowest BCUT2D eigenvalue weighted by Crippen LogP contribution is -2.35. The quantitative estimate of drug-likeness (QED) is 0.823. The molecule has 1 saturated carbocycles. The molecule has 1 fully saturated rings. The maximum Gasteiger partial charge on any atom is 0.0562 e. The number of hydrogen-bond donors (Lipinski definition) is 1. The molecule has 3 nitrogen and oxygen atoms in total. The molecule has 3 heteroatoms. The highest BCUT2D eigenvalue weighted by molar-refractivity contribution is 5.48. The molecular weight excluding hydrogens is 258 g/mol. The van der Waals surface area contributed by atoms with Crippen LogP contribution in [0.15, 0.2) is 18.3 Å². The fraction of sp³-hybridized carbons (Fsp3) is 0.722. The van der Waals surface area contributed by atoms with Crippen molar-refractivity contribution in [3.63, 3.8) is 0 Å². The second kappa shape index (κ2) is 6.78. The third-order valence-corrected chi connectivity index (χ3v) is 3.87. The summed E-state index contributed by atoms with van der Waals surface area (Å²) < 4.78 is 0. The molecule has 0 unspecified atom stereocenters. The van der Waals surface area contributed by atoms with Gasteiger partial charge >= 0.3 is 0 Å². The van der Waals surface area contributed by atoms with E-state index in [1.165, 1.54) is 31.5 Å². The van der Waals surface area contributed by atoms with Crippen molar-refractivity contribution in [3.05, 3.63) is 24.0 Å². The molecule has 0 saturated heterocycles. The van der Waals surface area contributed by atoms with Crippen LogP contribution in [0.4, 0.5) is 5.69 Å². The fourth-order valence-corrected chi connectivity index (χ4v) is 2.40. The van der Waals surface area contributed by atoms with Crippen LogP contribution < -0.4 is 10.2 Å². The Hall–Kier alpha value is -1.09. The van der Waals surface area contributed by atoms with E-state index in [0.717, 1.165) is 24.2 Å². The van der Waals surface area contributed by atoms with Crippen molar-refractivity contribution < 1.29 is 0 Å². The molecule has 0 atom stereocenters. The predicted molar refractivity (Wildman–Crippen MR) is 90.7 cm³/mol. The van der Waals surface area contributed by atoms with E-state index in [2.05, 4.69) is 62.0 Å². The lowest BCUT2D eigenvalue weighted by atomic mass is 10.1. The summed E-state index contributed by atoms with van der Waals surface area (Å²) in [4.78, 5) is 7.10. The number of aromatic nitrogens is 1. The maximum atomic E-state index is 4.51. The maximum absolute atomic E-state index is 4.51. The van der Waals surface area contributed by atoms with E-state index in [-0.39, 0.29) is 5.54 Å². The average Bonchev–Trinajstić information content (AvgIpc) is 3.21. The number of rotatable bonds is 7. The molecule has 1 aromatic heterocycles. The zero-order valence-corrected chi connectivity index (χ0v) is 14.3. The van der Waals surface area contributed by atoms with E-state index in [0.29, 0.717) is 0 Å². The first-order chi connectivity index (χ1) is 9.85. The van der Waals surface area contributed by atoms with Crippen molar-refractivity contribution in [2.75, 3.05) is 11.4 Å². The van der Waals surface area contributed by atoms with Crippen LogP contribution in [0, 0.1) is 5.92 Å². The molecule has 21 heavy (non-hydrogen) atoms. The zero-order valence-electron chi connectivity index (χ0n) is 14.3. The highest BCUT2D eigenvalue weighted by Crippen LogP contribution is 2.32. The van der Waals surface area contributed by atoms with E-state index in [1.807, 2.05) is 6.20 Å². The summed E-state index contributed by atoms with van der Waals surface area (Å²) >= 11 is 0. The van der Waals surface area contributed by atoms with E-state index >= 15 is 0 Å². The molecule has 1 N–H and O–H groups in total. The van der Waals surface area contributed by atoms with Crippen LogP contribution in [0.5, 0.6) is 0 Å². The molecular formula is C18H31N3. The van der Waals surface area contributed by atoms with Crippen LogP contribution in [-0.2, 0) is 6.54 Å².